The van der Waals surface area contributed by atoms with Crippen LogP contribution in [-0.2, 0) is 4.74 Å². The van der Waals surface area contributed by atoms with Crippen LogP contribution in [0.25, 0.3) is 0 Å². The van der Waals surface area contributed by atoms with E-state index in [1.807, 2.05) is 0 Å². The highest BCUT2D eigenvalue weighted by Crippen LogP contribution is 2.57. The molecule has 1 saturated heterocycles. The molecule has 2 unspecified atom stereocenters. The first-order chi connectivity index (χ1) is 6.32. The lowest BCUT2D eigenvalue weighted by atomic mass is 9.89. The Morgan fingerprint density at radius 1 is 1.38 bits per heavy atom. The van der Waals surface area contributed by atoms with E-state index in [0.29, 0.717) is 12.5 Å². The molecule has 0 aromatic heterocycles. The van der Waals surface area contributed by atoms with Crippen LogP contribution in [0.15, 0.2) is 0 Å². The molecule has 3 N–H and O–H groups in total. The van der Waals surface area contributed by atoms with Crippen molar-refractivity contribution in [1.29, 1.82) is 0 Å². The molecule has 3 nitrogen and oxygen atoms in total. The van der Waals surface area contributed by atoms with Gasteiger partial charge in [0.1, 0.15) is 0 Å². The van der Waals surface area contributed by atoms with Crippen LogP contribution in [0.4, 0.5) is 0 Å². The normalized spacial score (nSPS) is 40.6. The van der Waals surface area contributed by atoms with Gasteiger partial charge in [0.05, 0.1) is 6.61 Å². The van der Waals surface area contributed by atoms with E-state index in [2.05, 4.69) is 0 Å². The molecule has 0 amide bonds. The predicted octanol–water partition coefficient (Wildman–Crippen LogP) is 0.370. The number of rotatable bonds is 3. The molecule has 0 aromatic carbocycles. The quantitative estimate of drug-likeness (QED) is 0.668. The van der Waals surface area contributed by atoms with E-state index in [0.717, 1.165) is 38.4 Å². The van der Waals surface area contributed by atoms with Crippen molar-refractivity contribution in [2.45, 2.75) is 19.3 Å². The molecule has 76 valence electrons. The highest BCUT2D eigenvalue weighted by Gasteiger charge is 2.55. The van der Waals surface area contributed by atoms with Gasteiger partial charge in [0.25, 0.3) is 0 Å². The lowest BCUT2D eigenvalue weighted by Gasteiger charge is -2.24. The van der Waals surface area contributed by atoms with Crippen molar-refractivity contribution >= 4 is 0 Å². The summed E-state index contributed by atoms with van der Waals surface area (Å²) in [6, 6.07) is 0. The van der Waals surface area contributed by atoms with Gasteiger partial charge in [-0.25, -0.2) is 0 Å². The molecule has 2 aliphatic rings. The summed E-state index contributed by atoms with van der Waals surface area (Å²) in [5.41, 5.74) is 5.77. The number of aliphatic hydroxyl groups excluding tert-OH is 1. The Hall–Kier alpha value is -0.120. The van der Waals surface area contributed by atoms with Crippen molar-refractivity contribution in [3.05, 3.63) is 0 Å². The molecular weight excluding hydrogens is 166 g/mol. The van der Waals surface area contributed by atoms with E-state index in [1.54, 1.807) is 0 Å². The minimum absolute atomic E-state index is 0.0853. The van der Waals surface area contributed by atoms with Crippen molar-refractivity contribution in [1.82, 2.24) is 0 Å². The van der Waals surface area contributed by atoms with Crippen LogP contribution in [-0.4, -0.2) is 31.5 Å². The first-order valence-corrected chi connectivity index (χ1v) is 5.21. The van der Waals surface area contributed by atoms with E-state index in [-0.39, 0.29) is 12.0 Å². The van der Waals surface area contributed by atoms with Crippen molar-refractivity contribution in [2.75, 3.05) is 26.4 Å². The van der Waals surface area contributed by atoms with Gasteiger partial charge in [-0.2, -0.15) is 0 Å². The lowest BCUT2D eigenvalue weighted by molar-refractivity contribution is 0.0515. The maximum absolute atomic E-state index is 9.25. The third-order valence-electron chi connectivity index (χ3n) is 3.81. The molecular formula is C10H19NO2. The summed E-state index contributed by atoms with van der Waals surface area (Å²) in [7, 11) is 0. The molecule has 2 rings (SSSR count). The molecule has 13 heavy (non-hydrogen) atoms. The van der Waals surface area contributed by atoms with Gasteiger partial charge in [0.15, 0.2) is 0 Å². The Morgan fingerprint density at radius 3 is 2.54 bits per heavy atom. The van der Waals surface area contributed by atoms with Crippen molar-refractivity contribution in [3.63, 3.8) is 0 Å². The van der Waals surface area contributed by atoms with Gasteiger partial charge in [-0.15, -0.1) is 0 Å². The van der Waals surface area contributed by atoms with Crippen molar-refractivity contribution in [2.24, 2.45) is 23.0 Å². The predicted molar refractivity (Wildman–Crippen MR) is 50.2 cm³/mol. The summed E-state index contributed by atoms with van der Waals surface area (Å²) in [6.45, 7) is 2.71. The molecule has 1 aliphatic carbocycles. The van der Waals surface area contributed by atoms with Crippen LogP contribution in [0.5, 0.6) is 0 Å². The van der Waals surface area contributed by atoms with Crippen LogP contribution in [0.3, 0.4) is 0 Å². The Bertz CT molecular complexity index is 174. The first kappa shape index (κ1) is 9.44. The average Bonchev–Trinajstić information content (AvgIpc) is 2.95. The zero-order valence-electron chi connectivity index (χ0n) is 8.04. The van der Waals surface area contributed by atoms with Crippen LogP contribution in [0.2, 0.25) is 0 Å². The first-order valence-electron chi connectivity index (χ1n) is 5.21. The van der Waals surface area contributed by atoms with E-state index in [1.165, 1.54) is 0 Å². The SMILES string of the molecule is NCC1(CO)CC1C1CCOCC1. The molecule has 3 heteroatoms. The van der Waals surface area contributed by atoms with Gasteiger partial charge in [-0.05, 0) is 31.1 Å². The maximum Gasteiger partial charge on any atom is 0.0502 e. The van der Waals surface area contributed by atoms with Gasteiger partial charge in [-0.1, -0.05) is 0 Å². The summed E-state index contributed by atoms with van der Waals surface area (Å²) < 4.78 is 5.32. The summed E-state index contributed by atoms with van der Waals surface area (Å²) in [5.74, 6) is 1.43. The van der Waals surface area contributed by atoms with E-state index in [4.69, 9.17) is 10.5 Å². The summed E-state index contributed by atoms with van der Waals surface area (Å²) >= 11 is 0. The molecule has 0 aromatic rings. The molecule has 1 saturated carbocycles. The van der Waals surface area contributed by atoms with Gasteiger partial charge in [0, 0.05) is 25.2 Å². The maximum atomic E-state index is 9.25. The Kier molecular flexibility index (Phi) is 2.58. The largest absolute Gasteiger partial charge is 0.396 e. The smallest absolute Gasteiger partial charge is 0.0502 e. The fourth-order valence-electron chi connectivity index (χ4n) is 2.64. The second kappa shape index (κ2) is 3.56. The van der Waals surface area contributed by atoms with Crippen molar-refractivity contribution < 1.29 is 9.84 Å². The Morgan fingerprint density at radius 2 is 2.08 bits per heavy atom. The number of aliphatic hydroxyl groups is 1. The third-order valence-corrected chi connectivity index (χ3v) is 3.81. The van der Waals surface area contributed by atoms with Crippen LogP contribution >= 0.6 is 0 Å². The van der Waals surface area contributed by atoms with Crippen LogP contribution in [0.1, 0.15) is 19.3 Å². The van der Waals surface area contributed by atoms with Gasteiger partial charge in [-0.3, -0.25) is 0 Å². The molecule has 1 aliphatic heterocycles. The number of ether oxygens (including phenoxy) is 1. The van der Waals surface area contributed by atoms with E-state index >= 15 is 0 Å². The number of hydrogen-bond donors (Lipinski definition) is 2. The minimum Gasteiger partial charge on any atom is -0.396 e. The third kappa shape index (κ3) is 1.60. The number of nitrogens with two attached hydrogens (primary N) is 1. The zero-order chi connectivity index (χ0) is 9.31. The van der Waals surface area contributed by atoms with E-state index in [9.17, 15) is 5.11 Å². The fourth-order valence-corrected chi connectivity index (χ4v) is 2.64. The Balaban J connectivity index is 1.89. The van der Waals surface area contributed by atoms with E-state index < -0.39 is 0 Å². The van der Waals surface area contributed by atoms with Crippen LogP contribution < -0.4 is 5.73 Å². The average molecular weight is 185 g/mol. The highest BCUT2D eigenvalue weighted by molar-refractivity contribution is 5.05. The monoisotopic (exact) mass is 185 g/mol. The molecule has 2 fully saturated rings. The van der Waals surface area contributed by atoms with Gasteiger partial charge in [0.2, 0.25) is 0 Å². The molecule has 2 atom stereocenters. The second-order valence-electron chi connectivity index (χ2n) is 4.49. The summed E-state index contributed by atoms with van der Waals surface area (Å²) in [6.07, 6.45) is 3.45. The zero-order valence-corrected chi connectivity index (χ0v) is 8.04. The molecule has 0 spiro atoms. The Labute approximate surface area is 79.3 Å². The summed E-state index contributed by atoms with van der Waals surface area (Å²) in [4.78, 5) is 0. The van der Waals surface area contributed by atoms with Crippen molar-refractivity contribution in [3.8, 4) is 0 Å². The van der Waals surface area contributed by atoms with Gasteiger partial charge < -0.3 is 15.6 Å². The number of hydrogen-bond acceptors (Lipinski definition) is 3. The highest BCUT2D eigenvalue weighted by atomic mass is 16.5. The standard InChI is InChI=1S/C10H19NO2/c11-6-10(7-12)5-9(10)8-1-3-13-4-2-8/h8-9,12H,1-7,11H2. The fraction of sp³-hybridized carbons (Fsp3) is 1.00. The molecule has 1 heterocycles. The topological polar surface area (TPSA) is 55.5 Å². The molecule has 0 radical (unpaired) electrons. The van der Waals surface area contributed by atoms with Crippen LogP contribution in [0, 0.1) is 17.3 Å². The van der Waals surface area contributed by atoms with Gasteiger partial charge >= 0.3 is 0 Å². The summed E-state index contributed by atoms with van der Waals surface area (Å²) in [5, 5.41) is 9.25. The molecule has 0 bridgehead atoms. The minimum atomic E-state index is 0.0853. The lowest BCUT2D eigenvalue weighted by Crippen LogP contribution is -2.27. The second-order valence-corrected chi connectivity index (χ2v) is 4.49.